The van der Waals surface area contributed by atoms with Gasteiger partial charge in [0.25, 0.3) is 0 Å². The predicted octanol–water partition coefficient (Wildman–Crippen LogP) is 2.57. The van der Waals surface area contributed by atoms with E-state index in [-0.39, 0.29) is 19.2 Å². The van der Waals surface area contributed by atoms with E-state index in [0.29, 0.717) is 42.0 Å². The average molecular weight is 655 g/mol. The lowest BCUT2D eigenvalue weighted by molar-refractivity contribution is -0.686. The van der Waals surface area contributed by atoms with Crippen LogP contribution < -0.4 is 35.9 Å². The van der Waals surface area contributed by atoms with Crippen LogP contribution in [0.1, 0.15) is 11.1 Å². The van der Waals surface area contributed by atoms with Gasteiger partial charge in [0, 0.05) is 42.2 Å². The van der Waals surface area contributed by atoms with Crippen LogP contribution in [0.4, 0.5) is 0 Å². The molecule has 7 rings (SSSR count). The third-order valence-electron chi connectivity index (χ3n) is 7.97. The zero-order valence-corrected chi connectivity index (χ0v) is 26.3. The lowest BCUT2D eigenvalue weighted by atomic mass is 9.95. The Morgan fingerprint density at radius 3 is 2.70 bits per heavy atom. The minimum absolute atomic E-state index is 0. The van der Waals surface area contributed by atoms with E-state index < -0.39 is 0 Å². The van der Waals surface area contributed by atoms with Gasteiger partial charge in [0.05, 0.1) is 24.6 Å². The third kappa shape index (κ3) is 6.10. The van der Waals surface area contributed by atoms with Gasteiger partial charge < -0.3 is 31.4 Å². The van der Waals surface area contributed by atoms with Gasteiger partial charge in [0.2, 0.25) is 12.5 Å². The highest BCUT2D eigenvalue weighted by Crippen LogP contribution is 2.41. The van der Waals surface area contributed by atoms with Crippen LogP contribution in [0.2, 0.25) is 10.0 Å². The van der Waals surface area contributed by atoms with Crippen molar-refractivity contribution in [3.63, 3.8) is 0 Å². The van der Waals surface area contributed by atoms with E-state index >= 15 is 0 Å². The first kappa shape index (κ1) is 30.3. The van der Waals surface area contributed by atoms with Crippen molar-refractivity contribution in [2.75, 3.05) is 33.6 Å². The van der Waals surface area contributed by atoms with Crippen LogP contribution in [-0.4, -0.2) is 53.3 Å². The maximum atomic E-state index is 6.52. The van der Waals surface area contributed by atoms with Crippen molar-refractivity contribution in [2.45, 2.75) is 26.1 Å². The maximum Gasteiger partial charge on any atom is 0.231 e. The van der Waals surface area contributed by atoms with Crippen LogP contribution >= 0.6 is 23.2 Å². The molecule has 228 valence electrons. The average Bonchev–Trinajstić information content (AvgIpc) is 3.71. The molecular weight excluding hydrogens is 625 g/mol. The molecule has 0 saturated carbocycles. The second kappa shape index (κ2) is 13.1. The van der Waals surface area contributed by atoms with Crippen molar-refractivity contribution in [1.82, 2.24) is 19.7 Å². The fourth-order valence-electron chi connectivity index (χ4n) is 5.74. The summed E-state index contributed by atoms with van der Waals surface area (Å²) in [4.78, 5) is 6.35. The number of pyridine rings is 1. The summed E-state index contributed by atoms with van der Waals surface area (Å²) >= 11 is 12.7. The van der Waals surface area contributed by atoms with E-state index in [1.165, 1.54) is 11.1 Å². The van der Waals surface area contributed by atoms with Gasteiger partial charge in [-0.05, 0) is 52.9 Å². The molecule has 0 aliphatic carbocycles. The van der Waals surface area contributed by atoms with Gasteiger partial charge in [-0.25, -0.2) is 4.98 Å². The van der Waals surface area contributed by atoms with Crippen molar-refractivity contribution in [3.8, 4) is 34.3 Å². The minimum Gasteiger partial charge on any atom is -1.00 e. The van der Waals surface area contributed by atoms with Crippen LogP contribution in [0.25, 0.3) is 22.0 Å². The van der Waals surface area contributed by atoms with E-state index in [4.69, 9.17) is 42.1 Å². The maximum absolute atomic E-state index is 6.52. The Labute approximate surface area is 271 Å². The summed E-state index contributed by atoms with van der Waals surface area (Å²) in [6, 6.07) is 16.1. The quantitative estimate of drug-likeness (QED) is 0.215. The fourth-order valence-corrected chi connectivity index (χ4v) is 6.20. The summed E-state index contributed by atoms with van der Waals surface area (Å²) in [6.45, 7) is 4.29. The van der Waals surface area contributed by atoms with E-state index in [0.717, 1.165) is 58.8 Å². The molecule has 0 saturated heterocycles. The lowest BCUT2D eigenvalue weighted by Crippen LogP contribution is -3.00. The summed E-state index contributed by atoms with van der Waals surface area (Å²) < 4.78 is 27.7. The molecule has 9 nitrogen and oxygen atoms in total. The first-order valence-electron chi connectivity index (χ1n) is 14.1. The lowest BCUT2D eigenvalue weighted by Gasteiger charge is -2.23. The zero-order chi connectivity index (χ0) is 29.3. The van der Waals surface area contributed by atoms with Gasteiger partial charge >= 0.3 is 0 Å². The highest BCUT2D eigenvalue weighted by atomic mass is 35.5. The van der Waals surface area contributed by atoms with Crippen molar-refractivity contribution >= 4 is 34.0 Å². The topological polar surface area (TPSA) is 74.8 Å². The number of methoxy groups -OCH3 is 1. The molecule has 2 aromatic heterocycles. The van der Waals surface area contributed by atoms with Gasteiger partial charge in [-0.1, -0.05) is 29.3 Å². The Kier molecular flexibility index (Phi) is 9.00. The summed E-state index contributed by atoms with van der Waals surface area (Å²) in [7, 11) is 1.67. The number of fused-ring (bicyclic) bond motifs is 5. The van der Waals surface area contributed by atoms with Crippen molar-refractivity contribution < 1.29 is 35.9 Å². The number of ether oxygens (including phenoxy) is 4. The molecule has 2 aliphatic heterocycles. The highest BCUT2D eigenvalue weighted by molar-refractivity contribution is 6.35. The number of halogens is 3. The summed E-state index contributed by atoms with van der Waals surface area (Å²) in [5, 5.41) is 7.58. The number of hydrogen-bond donors (Lipinski definition) is 0. The molecule has 0 atom stereocenters. The molecule has 44 heavy (non-hydrogen) atoms. The van der Waals surface area contributed by atoms with E-state index in [1.54, 1.807) is 25.8 Å². The van der Waals surface area contributed by atoms with E-state index in [1.807, 2.05) is 22.9 Å². The van der Waals surface area contributed by atoms with Gasteiger partial charge in [-0.2, -0.15) is 9.67 Å². The summed E-state index contributed by atoms with van der Waals surface area (Å²) in [5.41, 5.74) is 4.57. The highest BCUT2D eigenvalue weighted by Gasteiger charge is 2.28. The van der Waals surface area contributed by atoms with Crippen molar-refractivity contribution in [3.05, 3.63) is 88.6 Å². The Morgan fingerprint density at radius 1 is 1.05 bits per heavy atom. The minimum atomic E-state index is 0. The molecule has 0 fully saturated rings. The molecule has 0 unspecified atom stereocenters. The number of hydrogen-bond acceptors (Lipinski definition) is 7. The Morgan fingerprint density at radius 2 is 1.91 bits per heavy atom. The first-order chi connectivity index (χ1) is 21.1. The monoisotopic (exact) mass is 653 g/mol. The predicted molar refractivity (Wildman–Crippen MR) is 163 cm³/mol. The molecular formula is C32H30Cl3N5O4. The van der Waals surface area contributed by atoms with Crippen LogP contribution in [0, 0.1) is 0 Å². The van der Waals surface area contributed by atoms with Crippen LogP contribution in [0.15, 0.2) is 67.4 Å². The SMILES string of the molecule is COc1ccc2cc3[n+](cc2c1OCCN(CCn1cncn1)Cc1ccc(Cl)cc1Cl)CCc1cc2c(cc1-3)OCO2.[Cl-]. The largest absolute Gasteiger partial charge is 1.00 e. The molecule has 2 aliphatic rings. The second-order valence-corrected chi connectivity index (χ2v) is 11.4. The number of rotatable bonds is 10. The Balaban J connectivity index is 0.00000343. The normalized spacial score (nSPS) is 13.0. The number of aryl methyl sites for hydroxylation is 2. The van der Waals surface area contributed by atoms with Crippen LogP contribution in [-0.2, 0) is 26.1 Å². The standard InChI is InChI=1S/C32H30Cl2N5O4.ClH/c1-40-29-5-3-21-12-28-25-15-31-30(42-20-43-31)13-22(25)6-7-38(28)17-26(21)32(29)41-11-10-37(8-9-39-19-35-18-36-39)16-23-2-4-24(33)14-27(23)34;/h2-5,12-15,17-19H,6-11,16,20H2,1H3;1H/q+1;/p-1. The van der Waals surface area contributed by atoms with Gasteiger partial charge in [-0.15, -0.1) is 0 Å². The third-order valence-corrected chi connectivity index (χ3v) is 8.56. The van der Waals surface area contributed by atoms with Gasteiger partial charge in [0.15, 0.2) is 35.7 Å². The molecule has 12 heteroatoms. The van der Waals surface area contributed by atoms with Crippen molar-refractivity contribution in [1.29, 1.82) is 0 Å². The summed E-state index contributed by atoms with van der Waals surface area (Å²) in [6.07, 6.45) is 6.34. The number of nitrogens with zero attached hydrogens (tertiary/aromatic N) is 5. The van der Waals surface area contributed by atoms with E-state index in [2.05, 4.69) is 50.0 Å². The molecule has 5 aromatic rings. The molecule has 4 heterocycles. The van der Waals surface area contributed by atoms with Gasteiger partial charge in [-0.3, -0.25) is 9.58 Å². The number of benzene rings is 3. The molecule has 3 aromatic carbocycles. The fraction of sp³-hybridized carbons (Fsp3) is 0.281. The second-order valence-electron chi connectivity index (χ2n) is 10.6. The summed E-state index contributed by atoms with van der Waals surface area (Å²) in [5.74, 6) is 3.04. The Bertz CT molecular complexity index is 1800. The van der Waals surface area contributed by atoms with Crippen LogP contribution in [0.3, 0.4) is 0 Å². The van der Waals surface area contributed by atoms with Crippen LogP contribution in [0.5, 0.6) is 23.0 Å². The molecule has 0 radical (unpaired) electrons. The number of aromatic nitrogens is 4. The molecule has 0 bridgehead atoms. The molecule has 0 spiro atoms. The van der Waals surface area contributed by atoms with Gasteiger partial charge in [0.1, 0.15) is 19.3 Å². The Hall–Kier alpha value is -3.76. The van der Waals surface area contributed by atoms with E-state index in [9.17, 15) is 0 Å². The van der Waals surface area contributed by atoms with Crippen molar-refractivity contribution in [2.24, 2.45) is 0 Å². The first-order valence-corrected chi connectivity index (χ1v) is 14.9. The molecule has 0 N–H and O–H groups in total. The molecule has 0 amide bonds. The smallest absolute Gasteiger partial charge is 0.231 e. The zero-order valence-electron chi connectivity index (χ0n) is 24.0.